The van der Waals surface area contributed by atoms with E-state index in [-0.39, 0.29) is 28.5 Å². The molecule has 0 bridgehead atoms. The van der Waals surface area contributed by atoms with Crippen molar-refractivity contribution >= 4 is 82.5 Å². The van der Waals surface area contributed by atoms with Crippen molar-refractivity contribution in [3.63, 3.8) is 0 Å². The van der Waals surface area contributed by atoms with Gasteiger partial charge in [0, 0.05) is 53.6 Å². The molecule has 0 saturated heterocycles. The van der Waals surface area contributed by atoms with Gasteiger partial charge in [-0.1, -0.05) is 124 Å². The minimum absolute atomic E-state index is 0.00506. The van der Waals surface area contributed by atoms with E-state index in [1.165, 1.54) is 116 Å². The molecule has 3 aliphatic rings. The van der Waals surface area contributed by atoms with Gasteiger partial charge in [0.05, 0.1) is 11.0 Å². The average molecular weight is 747 g/mol. The summed E-state index contributed by atoms with van der Waals surface area (Å²) < 4.78 is 5.35. The normalized spacial score (nSPS) is 16.8. The van der Waals surface area contributed by atoms with Gasteiger partial charge in [-0.3, -0.25) is 0 Å². The number of benzene rings is 6. The van der Waals surface area contributed by atoms with Crippen LogP contribution in [0.2, 0.25) is 0 Å². The van der Waals surface area contributed by atoms with Gasteiger partial charge in [0.25, 0.3) is 0 Å². The Morgan fingerprint density at radius 1 is 0.571 bits per heavy atom. The molecule has 0 saturated carbocycles. The van der Waals surface area contributed by atoms with Crippen LogP contribution in [0.15, 0.2) is 103 Å². The van der Waals surface area contributed by atoms with E-state index < -0.39 is 0 Å². The molecule has 6 aromatic carbocycles. The molecule has 4 heteroatoms. The summed E-state index contributed by atoms with van der Waals surface area (Å²) in [7, 11) is 0. The fourth-order valence-corrected chi connectivity index (χ4v) is 11.7. The molecule has 278 valence electrons. The first-order chi connectivity index (χ1) is 26.5. The summed E-state index contributed by atoms with van der Waals surface area (Å²) in [6.45, 7) is 23.9. The van der Waals surface area contributed by atoms with Crippen LogP contribution < -0.4 is 15.7 Å². The number of rotatable bonds is 1. The van der Waals surface area contributed by atoms with Gasteiger partial charge in [0.1, 0.15) is 0 Å². The van der Waals surface area contributed by atoms with Crippen LogP contribution in [0.4, 0.5) is 11.4 Å². The second kappa shape index (κ2) is 11.0. The first-order valence-corrected chi connectivity index (χ1v) is 21.5. The van der Waals surface area contributed by atoms with Crippen molar-refractivity contribution in [3.05, 3.63) is 125 Å². The van der Waals surface area contributed by atoms with Crippen LogP contribution >= 0.6 is 11.3 Å². The van der Waals surface area contributed by atoms with Gasteiger partial charge < -0.3 is 9.38 Å². The molecule has 4 heterocycles. The third kappa shape index (κ3) is 4.63. The lowest BCUT2D eigenvalue weighted by atomic mass is 9.43. The summed E-state index contributed by atoms with van der Waals surface area (Å²) >= 11 is 1.92. The maximum absolute atomic E-state index is 2.74. The summed E-state index contributed by atoms with van der Waals surface area (Å²) in [5.74, 6) is 0. The maximum atomic E-state index is 2.74. The predicted molar refractivity (Wildman–Crippen MR) is 245 cm³/mol. The Morgan fingerprint density at radius 2 is 1.25 bits per heavy atom. The fourth-order valence-electron chi connectivity index (χ4n) is 10.5. The van der Waals surface area contributed by atoms with Crippen LogP contribution in [0.5, 0.6) is 0 Å². The van der Waals surface area contributed by atoms with E-state index in [0.29, 0.717) is 0 Å². The zero-order valence-corrected chi connectivity index (χ0v) is 35.4. The minimum Gasteiger partial charge on any atom is -0.376 e. The van der Waals surface area contributed by atoms with E-state index >= 15 is 0 Å². The number of hydrogen-bond donors (Lipinski definition) is 0. The van der Waals surface area contributed by atoms with E-state index in [2.05, 4.69) is 182 Å². The molecule has 0 amide bonds. The van der Waals surface area contributed by atoms with Crippen LogP contribution in [0.1, 0.15) is 104 Å². The molecule has 2 aliphatic heterocycles. The Hall–Kier alpha value is -4.80. The van der Waals surface area contributed by atoms with Crippen LogP contribution in [0, 0.1) is 0 Å². The third-order valence-corrected chi connectivity index (χ3v) is 15.1. The van der Waals surface area contributed by atoms with Crippen LogP contribution in [0.25, 0.3) is 58.8 Å². The van der Waals surface area contributed by atoms with E-state index in [1.54, 1.807) is 0 Å². The first kappa shape index (κ1) is 34.5. The molecule has 0 unspecified atom stereocenters. The third-order valence-electron chi connectivity index (χ3n) is 14.0. The molecule has 11 rings (SSSR count). The molecule has 0 radical (unpaired) electrons. The lowest BCUT2D eigenvalue weighted by molar-refractivity contribution is 0.332. The maximum Gasteiger partial charge on any atom is 0.333 e. The van der Waals surface area contributed by atoms with Crippen molar-refractivity contribution in [1.29, 1.82) is 0 Å². The highest BCUT2D eigenvalue weighted by Crippen LogP contribution is 2.53. The molecule has 0 fully saturated rings. The molecule has 0 atom stereocenters. The monoisotopic (exact) mass is 746 g/mol. The van der Waals surface area contributed by atoms with E-state index in [0.717, 1.165) is 0 Å². The van der Waals surface area contributed by atoms with Crippen molar-refractivity contribution < 1.29 is 0 Å². The van der Waals surface area contributed by atoms with Gasteiger partial charge in [-0.25, -0.2) is 0 Å². The smallest absolute Gasteiger partial charge is 0.333 e. The van der Waals surface area contributed by atoms with E-state index in [9.17, 15) is 0 Å². The van der Waals surface area contributed by atoms with Gasteiger partial charge >= 0.3 is 6.85 Å². The highest BCUT2D eigenvalue weighted by atomic mass is 32.1. The minimum atomic E-state index is 0.00506. The standard InChI is InChI=1S/C52H51BN2S/c1-49(2,3)30-15-18-32(19-16-30)55-44-29-40-39(51(7,8)23-24-52(40,9)10)26-36(44)34-20-21-35-37-28-46-38(33-13-11-12-14-45(33)56-46)27-43(37)54-42-22-17-31(50(4,5)6)25-41(42)53(55)47(34)48(35)54/h11-22,25-29H,23-24H2,1-10H3. The van der Waals surface area contributed by atoms with Crippen LogP contribution in [0.3, 0.4) is 0 Å². The number of nitrogens with zero attached hydrogens (tertiary/aromatic N) is 2. The topological polar surface area (TPSA) is 8.17 Å². The van der Waals surface area contributed by atoms with Gasteiger partial charge in [-0.2, -0.15) is 0 Å². The first-order valence-electron chi connectivity index (χ1n) is 20.7. The van der Waals surface area contributed by atoms with Crippen molar-refractivity contribution in [2.45, 2.75) is 104 Å². The van der Waals surface area contributed by atoms with Crippen molar-refractivity contribution in [2.75, 3.05) is 4.81 Å². The summed E-state index contributed by atoms with van der Waals surface area (Å²) in [5, 5.41) is 5.39. The van der Waals surface area contributed by atoms with E-state index in [1.807, 2.05) is 11.3 Å². The summed E-state index contributed by atoms with van der Waals surface area (Å²) in [6, 6.07) is 41.0. The Kier molecular flexibility index (Phi) is 6.76. The Morgan fingerprint density at radius 3 is 1.96 bits per heavy atom. The second-order valence-electron chi connectivity index (χ2n) is 20.5. The molecule has 8 aromatic rings. The van der Waals surface area contributed by atoms with Gasteiger partial charge in [0.2, 0.25) is 0 Å². The lowest BCUT2D eigenvalue weighted by Crippen LogP contribution is -2.61. The van der Waals surface area contributed by atoms with Gasteiger partial charge in [0.15, 0.2) is 0 Å². The van der Waals surface area contributed by atoms with Gasteiger partial charge in [-0.05, 0) is 122 Å². The number of aromatic nitrogens is 1. The van der Waals surface area contributed by atoms with Crippen LogP contribution in [-0.4, -0.2) is 11.4 Å². The van der Waals surface area contributed by atoms with Crippen LogP contribution in [-0.2, 0) is 21.7 Å². The zero-order valence-electron chi connectivity index (χ0n) is 34.6. The van der Waals surface area contributed by atoms with E-state index in [4.69, 9.17) is 0 Å². The summed E-state index contributed by atoms with van der Waals surface area (Å²) in [5.41, 5.74) is 18.1. The molecular formula is C52H51BN2S. The second-order valence-corrected chi connectivity index (χ2v) is 21.6. The molecule has 0 N–H and O–H groups in total. The SMILES string of the molecule is CC(C)(C)c1ccc(N2B3c4cc(C(C)(C)C)ccc4-n4c5cc6c(cc5c5ccc(c3c54)-c3cc4c(cc32)C(C)(C)CCC4(C)C)sc2ccccc26)cc1. The predicted octanol–water partition coefficient (Wildman–Crippen LogP) is 13.3. The van der Waals surface area contributed by atoms with Gasteiger partial charge in [-0.15, -0.1) is 11.3 Å². The summed E-state index contributed by atoms with van der Waals surface area (Å²) in [6.07, 6.45) is 2.39. The zero-order chi connectivity index (χ0) is 38.8. The Labute approximate surface area is 336 Å². The Balaban J connectivity index is 1.31. The van der Waals surface area contributed by atoms with Crippen molar-refractivity contribution in [1.82, 2.24) is 4.57 Å². The largest absolute Gasteiger partial charge is 0.376 e. The molecule has 56 heavy (non-hydrogen) atoms. The number of fused-ring (bicyclic) bond motifs is 12. The highest BCUT2D eigenvalue weighted by molar-refractivity contribution is 7.25. The molecule has 0 spiro atoms. The highest BCUT2D eigenvalue weighted by Gasteiger charge is 2.46. The fraction of sp³-hybridized carbons (Fsp3) is 0.308. The number of anilines is 2. The molecule has 1 aliphatic carbocycles. The number of thiophene rings is 1. The quantitative estimate of drug-likeness (QED) is 0.152. The van der Waals surface area contributed by atoms with Crippen molar-refractivity contribution in [2.24, 2.45) is 0 Å². The summed E-state index contributed by atoms with van der Waals surface area (Å²) in [4.78, 5) is 2.74. The molecule has 2 aromatic heterocycles. The molecule has 2 nitrogen and oxygen atoms in total. The number of hydrogen-bond acceptors (Lipinski definition) is 2. The lowest BCUT2D eigenvalue weighted by Gasteiger charge is -2.46. The average Bonchev–Trinajstić information content (AvgIpc) is 3.69. The molecular weight excluding hydrogens is 695 g/mol. The Bertz CT molecular complexity index is 2990. The van der Waals surface area contributed by atoms with Crippen molar-refractivity contribution in [3.8, 4) is 16.8 Å².